The van der Waals surface area contributed by atoms with Crippen LogP contribution in [0, 0.1) is 5.92 Å². The van der Waals surface area contributed by atoms with Gasteiger partial charge in [-0.3, -0.25) is 4.79 Å². The minimum atomic E-state index is -0.486. The van der Waals surface area contributed by atoms with Crippen LogP contribution >= 0.6 is 0 Å². The normalized spacial score (nSPS) is 20.9. The van der Waals surface area contributed by atoms with E-state index in [0.29, 0.717) is 13.1 Å². The lowest BCUT2D eigenvalue weighted by Gasteiger charge is -2.35. The molecule has 0 aromatic heterocycles. The number of carbonyl (C=O) groups excluding carboxylic acids is 2. The summed E-state index contributed by atoms with van der Waals surface area (Å²) in [5.41, 5.74) is 5.13. The Balaban J connectivity index is 2.52. The maximum Gasteiger partial charge on any atom is 0.410 e. The number of rotatable bonds is 3. The molecule has 0 saturated carbocycles. The highest BCUT2D eigenvalue weighted by Gasteiger charge is 2.29. The zero-order chi connectivity index (χ0) is 16.2. The SMILES string of the molecule is C[C@H](N)C(=O)N(C)CC1CCCN(C(=O)OC(C)(C)C)C1. The Hall–Kier alpha value is -1.30. The third-order valence-corrected chi connectivity index (χ3v) is 3.47. The predicted octanol–water partition coefficient (Wildman–Crippen LogP) is 1.44. The second-order valence-corrected chi connectivity index (χ2v) is 6.94. The van der Waals surface area contributed by atoms with Crippen LogP contribution in [-0.4, -0.2) is 60.1 Å². The first kappa shape index (κ1) is 17.8. The van der Waals surface area contributed by atoms with Gasteiger partial charge in [-0.2, -0.15) is 0 Å². The average Bonchev–Trinajstić information content (AvgIpc) is 2.35. The number of ether oxygens (including phenoxy) is 1. The molecule has 0 aliphatic carbocycles. The van der Waals surface area contributed by atoms with Crippen LogP contribution in [0.2, 0.25) is 0 Å². The van der Waals surface area contributed by atoms with Gasteiger partial charge in [-0.25, -0.2) is 4.79 Å². The summed E-state index contributed by atoms with van der Waals surface area (Å²) in [6, 6.07) is -0.486. The van der Waals surface area contributed by atoms with E-state index >= 15 is 0 Å². The third kappa shape index (κ3) is 5.91. The number of amides is 2. The highest BCUT2D eigenvalue weighted by molar-refractivity contribution is 5.80. The van der Waals surface area contributed by atoms with Gasteiger partial charge in [0.2, 0.25) is 5.91 Å². The van der Waals surface area contributed by atoms with Gasteiger partial charge in [-0.05, 0) is 46.5 Å². The lowest BCUT2D eigenvalue weighted by Crippen LogP contribution is -2.47. The highest BCUT2D eigenvalue weighted by atomic mass is 16.6. The summed E-state index contributed by atoms with van der Waals surface area (Å²) in [5, 5.41) is 0. The van der Waals surface area contributed by atoms with Crippen molar-refractivity contribution in [1.82, 2.24) is 9.80 Å². The molecule has 2 amide bonds. The van der Waals surface area contributed by atoms with Gasteiger partial charge in [0.15, 0.2) is 0 Å². The molecule has 1 heterocycles. The molecule has 1 rings (SSSR count). The minimum absolute atomic E-state index is 0.0654. The van der Waals surface area contributed by atoms with Gasteiger partial charge in [0, 0.05) is 26.7 Å². The number of hydrogen-bond acceptors (Lipinski definition) is 4. The second-order valence-electron chi connectivity index (χ2n) is 6.94. The summed E-state index contributed by atoms with van der Waals surface area (Å²) < 4.78 is 5.40. The van der Waals surface area contributed by atoms with Crippen molar-refractivity contribution in [2.75, 3.05) is 26.7 Å². The zero-order valence-electron chi connectivity index (χ0n) is 13.9. The molecule has 1 unspecified atom stereocenters. The van der Waals surface area contributed by atoms with Gasteiger partial charge in [-0.15, -0.1) is 0 Å². The minimum Gasteiger partial charge on any atom is -0.444 e. The van der Waals surface area contributed by atoms with E-state index in [1.165, 1.54) is 0 Å². The molecule has 0 bridgehead atoms. The quantitative estimate of drug-likeness (QED) is 0.855. The number of piperidine rings is 1. The van der Waals surface area contributed by atoms with Gasteiger partial charge in [0.25, 0.3) is 0 Å². The lowest BCUT2D eigenvalue weighted by molar-refractivity contribution is -0.131. The summed E-state index contributed by atoms with van der Waals surface area (Å²) in [6.45, 7) is 9.25. The summed E-state index contributed by atoms with van der Waals surface area (Å²) in [7, 11) is 1.76. The van der Waals surface area contributed by atoms with E-state index in [2.05, 4.69) is 0 Å². The van der Waals surface area contributed by atoms with Crippen molar-refractivity contribution >= 4 is 12.0 Å². The first-order chi connectivity index (χ1) is 9.60. The molecule has 6 nitrogen and oxygen atoms in total. The Morgan fingerprint density at radius 2 is 2.05 bits per heavy atom. The van der Waals surface area contributed by atoms with E-state index in [0.717, 1.165) is 19.4 Å². The van der Waals surface area contributed by atoms with Gasteiger partial charge in [-0.1, -0.05) is 0 Å². The lowest BCUT2D eigenvalue weighted by atomic mass is 9.97. The molecule has 1 fully saturated rings. The van der Waals surface area contributed by atoms with Gasteiger partial charge in [0.05, 0.1) is 6.04 Å². The van der Waals surface area contributed by atoms with Gasteiger partial charge in [0.1, 0.15) is 5.60 Å². The first-order valence-electron chi connectivity index (χ1n) is 7.58. The molecule has 0 radical (unpaired) electrons. The fourth-order valence-electron chi connectivity index (χ4n) is 2.53. The second kappa shape index (κ2) is 7.11. The molecule has 1 aliphatic heterocycles. The topological polar surface area (TPSA) is 75.9 Å². The molecule has 21 heavy (non-hydrogen) atoms. The molecule has 0 spiro atoms. The van der Waals surface area contributed by atoms with E-state index < -0.39 is 11.6 Å². The first-order valence-corrected chi connectivity index (χ1v) is 7.58. The van der Waals surface area contributed by atoms with E-state index in [4.69, 9.17) is 10.5 Å². The molecule has 2 atom stereocenters. The van der Waals surface area contributed by atoms with Crippen LogP contribution in [0.4, 0.5) is 4.79 Å². The number of hydrogen-bond donors (Lipinski definition) is 1. The fraction of sp³-hybridized carbons (Fsp3) is 0.867. The molecule has 122 valence electrons. The van der Waals surface area contributed by atoms with Crippen LogP contribution in [0.15, 0.2) is 0 Å². The number of likely N-dealkylation sites (tertiary alicyclic amines) is 1. The largest absolute Gasteiger partial charge is 0.444 e. The van der Waals surface area contributed by atoms with Crippen molar-refractivity contribution in [3.05, 3.63) is 0 Å². The Bertz CT molecular complexity index is 377. The van der Waals surface area contributed by atoms with Crippen LogP contribution < -0.4 is 5.73 Å². The van der Waals surface area contributed by atoms with Crippen molar-refractivity contribution in [2.45, 2.75) is 52.2 Å². The molecule has 0 aromatic carbocycles. The van der Waals surface area contributed by atoms with E-state index in [-0.39, 0.29) is 17.9 Å². The van der Waals surface area contributed by atoms with Crippen molar-refractivity contribution in [2.24, 2.45) is 11.7 Å². The van der Waals surface area contributed by atoms with E-state index in [1.54, 1.807) is 23.8 Å². The summed E-state index contributed by atoms with van der Waals surface area (Å²) in [5.74, 6) is 0.211. The zero-order valence-corrected chi connectivity index (χ0v) is 13.9. The van der Waals surface area contributed by atoms with E-state index in [1.807, 2.05) is 20.8 Å². The maximum absolute atomic E-state index is 12.1. The Kier molecular flexibility index (Phi) is 6.01. The molecule has 0 aromatic rings. The molecular formula is C15H29N3O3. The summed E-state index contributed by atoms with van der Waals surface area (Å²) in [6.07, 6.45) is 1.67. The molecule has 1 saturated heterocycles. The van der Waals surface area contributed by atoms with Gasteiger partial charge >= 0.3 is 6.09 Å². The smallest absolute Gasteiger partial charge is 0.410 e. The molecule has 6 heteroatoms. The van der Waals surface area contributed by atoms with Crippen LogP contribution in [0.25, 0.3) is 0 Å². The molecular weight excluding hydrogens is 270 g/mol. The fourth-order valence-corrected chi connectivity index (χ4v) is 2.53. The van der Waals surface area contributed by atoms with Crippen molar-refractivity contribution in [1.29, 1.82) is 0 Å². The average molecular weight is 299 g/mol. The van der Waals surface area contributed by atoms with Crippen LogP contribution in [0.5, 0.6) is 0 Å². The van der Waals surface area contributed by atoms with Crippen molar-refractivity contribution in [3.63, 3.8) is 0 Å². The molecule has 2 N–H and O–H groups in total. The predicted molar refractivity (Wildman–Crippen MR) is 81.8 cm³/mol. The van der Waals surface area contributed by atoms with Crippen molar-refractivity contribution in [3.8, 4) is 0 Å². The summed E-state index contributed by atoms with van der Waals surface area (Å²) in [4.78, 5) is 27.3. The highest BCUT2D eigenvalue weighted by Crippen LogP contribution is 2.20. The number of nitrogens with zero attached hydrogens (tertiary/aromatic N) is 2. The third-order valence-electron chi connectivity index (χ3n) is 3.47. The maximum atomic E-state index is 12.1. The Morgan fingerprint density at radius 3 is 2.57 bits per heavy atom. The summed E-state index contributed by atoms with van der Waals surface area (Å²) >= 11 is 0. The molecule has 1 aliphatic rings. The monoisotopic (exact) mass is 299 g/mol. The van der Waals surface area contributed by atoms with Crippen LogP contribution in [0.3, 0.4) is 0 Å². The number of nitrogens with two attached hydrogens (primary N) is 1. The Labute approximate surface area is 127 Å². The van der Waals surface area contributed by atoms with Crippen LogP contribution in [-0.2, 0) is 9.53 Å². The standard InChI is InChI=1S/C15H29N3O3/c1-11(16)13(19)17(5)9-12-7-6-8-18(10-12)14(20)21-15(2,3)4/h11-12H,6-10,16H2,1-5H3/t11-,12?/m0/s1. The number of likely N-dealkylation sites (N-methyl/N-ethyl adjacent to an activating group) is 1. The van der Waals surface area contributed by atoms with Crippen molar-refractivity contribution < 1.29 is 14.3 Å². The number of carbonyl (C=O) groups is 2. The van der Waals surface area contributed by atoms with Gasteiger partial charge < -0.3 is 20.3 Å². The van der Waals surface area contributed by atoms with Crippen LogP contribution in [0.1, 0.15) is 40.5 Å². The van der Waals surface area contributed by atoms with E-state index in [9.17, 15) is 9.59 Å². The Morgan fingerprint density at radius 1 is 1.43 bits per heavy atom.